The molecule has 1 rings (SSSR count). The number of hydrogen-bond donors (Lipinski definition) is 0. The standard InChI is InChI=1S/C8H5FN4/c9-8-6(4-10)2-1-3-7(8)5-12-13-11/h1-3H,5H2. The maximum Gasteiger partial charge on any atom is 0.144 e. The van der Waals surface area contributed by atoms with Gasteiger partial charge in [0.15, 0.2) is 0 Å². The predicted molar refractivity (Wildman–Crippen MR) is 44.0 cm³/mol. The molecule has 0 aliphatic heterocycles. The van der Waals surface area contributed by atoms with Crippen LogP contribution in [-0.2, 0) is 6.54 Å². The highest BCUT2D eigenvalue weighted by molar-refractivity contribution is 5.34. The van der Waals surface area contributed by atoms with Crippen LogP contribution in [-0.4, -0.2) is 0 Å². The highest BCUT2D eigenvalue weighted by Gasteiger charge is 2.05. The van der Waals surface area contributed by atoms with E-state index < -0.39 is 5.82 Å². The van der Waals surface area contributed by atoms with Gasteiger partial charge in [-0.05, 0) is 17.2 Å². The fraction of sp³-hybridized carbons (Fsp3) is 0.125. The van der Waals surface area contributed by atoms with Crippen LogP contribution in [0.4, 0.5) is 4.39 Å². The quantitative estimate of drug-likeness (QED) is 0.387. The van der Waals surface area contributed by atoms with Crippen molar-refractivity contribution in [3.63, 3.8) is 0 Å². The Labute approximate surface area is 73.9 Å². The molecule has 0 amide bonds. The van der Waals surface area contributed by atoms with E-state index in [1.807, 2.05) is 0 Å². The number of benzene rings is 1. The zero-order chi connectivity index (χ0) is 9.68. The van der Waals surface area contributed by atoms with Crippen LogP contribution in [0.15, 0.2) is 23.3 Å². The first kappa shape index (κ1) is 9.04. The maximum absolute atomic E-state index is 13.2. The van der Waals surface area contributed by atoms with Crippen LogP contribution < -0.4 is 0 Å². The summed E-state index contributed by atoms with van der Waals surface area (Å²) >= 11 is 0. The molecule has 64 valence electrons. The van der Waals surface area contributed by atoms with Gasteiger partial charge in [0.1, 0.15) is 11.9 Å². The molecule has 0 spiro atoms. The molecule has 0 atom stereocenters. The summed E-state index contributed by atoms with van der Waals surface area (Å²) in [6, 6.07) is 6.09. The minimum absolute atomic E-state index is 0.0364. The van der Waals surface area contributed by atoms with E-state index in [1.165, 1.54) is 12.1 Å². The lowest BCUT2D eigenvalue weighted by atomic mass is 10.1. The number of rotatable bonds is 2. The second-order valence-electron chi connectivity index (χ2n) is 2.28. The van der Waals surface area contributed by atoms with Crippen LogP contribution >= 0.6 is 0 Å². The van der Waals surface area contributed by atoms with Crippen molar-refractivity contribution in [2.45, 2.75) is 6.54 Å². The van der Waals surface area contributed by atoms with Gasteiger partial charge in [-0.2, -0.15) is 5.26 Å². The van der Waals surface area contributed by atoms with Crippen molar-refractivity contribution in [1.82, 2.24) is 0 Å². The van der Waals surface area contributed by atoms with Crippen LogP contribution in [0.2, 0.25) is 0 Å². The summed E-state index contributed by atoms with van der Waals surface area (Å²) in [6.45, 7) is -0.0716. The number of azide groups is 1. The van der Waals surface area contributed by atoms with Gasteiger partial charge in [-0.15, -0.1) is 0 Å². The summed E-state index contributed by atoms with van der Waals surface area (Å²) in [5, 5.41) is 11.7. The monoisotopic (exact) mass is 176 g/mol. The molecule has 0 aliphatic rings. The van der Waals surface area contributed by atoms with E-state index in [4.69, 9.17) is 10.8 Å². The molecule has 5 heteroatoms. The van der Waals surface area contributed by atoms with E-state index in [-0.39, 0.29) is 17.7 Å². The molecule has 0 saturated carbocycles. The average Bonchev–Trinajstić information content (AvgIpc) is 2.16. The molecule has 0 aromatic heterocycles. The van der Waals surface area contributed by atoms with E-state index in [0.29, 0.717) is 0 Å². The van der Waals surface area contributed by atoms with Crippen molar-refractivity contribution in [3.05, 3.63) is 45.6 Å². The molecule has 0 unspecified atom stereocenters. The van der Waals surface area contributed by atoms with E-state index in [9.17, 15) is 4.39 Å². The first-order valence-electron chi connectivity index (χ1n) is 3.48. The second kappa shape index (κ2) is 4.10. The lowest BCUT2D eigenvalue weighted by molar-refractivity contribution is 0.606. The second-order valence-corrected chi connectivity index (χ2v) is 2.28. The Bertz CT molecular complexity index is 401. The normalized spacial score (nSPS) is 8.62. The van der Waals surface area contributed by atoms with E-state index in [0.717, 1.165) is 0 Å². The van der Waals surface area contributed by atoms with E-state index in [2.05, 4.69) is 10.0 Å². The molecule has 0 bridgehead atoms. The van der Waals surface area contributed by atoms with Gasteiger partial charge in [0.05, 0.1) is 12.1 Å². The van der Waals surface area contributed by atoms with E-state index >= 15 is 0 Å². The van der Waals surface area contributed by atoms with Crippen molar-refractivity contribution >= 4 is 0 Å². The van der Waals surface area contributed by atoms with Crippen molar-refractivity contribution < 1.29 is 4.39 Å². The Morgan fingerprint density at radius 3 is 3.00 bits per heavy atom. The Kier molecular flexibility index (Phi) is 2.85. The molecule has 0 aliphatic carbocycles. The molecule has 4 nitrogen and oxygen atoms in total. The molecule has 0 N–H and O–H groups in total. The zero-order valence-electron chi connectivity index (χ0n) is 6.61. The van der Waals surface area contributed by atoms with Crippen LogP contribution in [0.25, 0.3) is 10.4 Å². The number of nitrogens with zero attached hydrogens (tertiary/aromatic N) is 4. The zero-order valence-corrected chi connectivity index (χ0v) is 6.61. The summed E-state index contributed by atoms with van der Waals surface area (Å²) in [5.74, 6) is -0.614. The molecule has 1 aromatic carbocycles. The van der Waals surface area contributed by atoms with Crippen molar-refractivity contribution in [2.24, 2.45) is 5.11 Å². The maximum atomic E-state index is 13.2. The lowest BCUT2D eigenvalue weighted by Gasteiger charge is -1.98. The molecule has 0 radical (unpaired) electrons. The van der Waals surface area contributed by atoms with Crippen molar-refractivity contribution in [1.29, 1.82) is 5.26 Å². The van der Waals surface area contributed by atoms with Gasteiger partial charge < -0.3 is 0 Å². The third-order valence-electron chi connectivity index (χ3n) is 1.50. The van der Waals surface area contributed by atoms with E-state index in [1.54, 1.807) is 12.1 Å². The summed E-state index contributed by atoms with van der Waals surface area (Å²) in [5.41, 5.74) is 8.21. The Hall–Kier alpha value is -2.05. The van der Waals surface area contributed by atoms with Gasteiger partial charge >= 0.3 is 0 Å². The van der Waals surface area contributed by atoms with Gasteiger partial charge in [-0.1, -0.05) is 17.2 Å². The third kappa shape index (κ3) is 1.95. The summed E-state index contributed by atoms with van der Waals surface area (Å²) in [6.07, 6.45) is 0. The lowest BCUT2D eigenvalue weighted by Crippen LogP contribution is -1.91. The molecule has 0 heterocycles. The van der Waals surface area contributed by atoms with Crippen molar-refractivity contribution in [2.75, 3.05) is 0 Å². The SMILES string of the molecule is N#Cc1cccc(CN=[N+]=[N-])c1F. The highest BCUT2D eigenvalue weighted by atomic mass is 19.1. The van der Waals surface area contributed by atoms with Gasteiger partial charge in [0, 0.05) is 4.91 Å². The topological polar surface area (TPSA) is 72.5 Å². The molecule has 13 heavy (non-hydrogen) atoms. The highest BCUT2D eigenvalue weighted by Crippen LogP contribution is 2.12. The van der Waals surface area contributed by atoms with Crippen LogP contribution in [0.5, 0.6) is 0 Å². The largest absolute Gasteiger partial charge is 0.205 e. The molecular weight excluding hydrogens is 171 g/mol. The Balaban J connectivity index is 3.09. The summed E-state index contributed by atoms with van der Waals surface area (Å²) in [7, 11) is 0. The van der Waals surface area contributed by atoms with Gasteiger partial charge in [-0.25, -0.2) is 4.39 Å². The first-order chi connectivity index (χ1) is 6.29. The van der Waals surface area contributed by atoms with Crippen molar-refractivity contribution in [3.8, 4) is 6.07 Å². The summed E-state index contributed by atoms with van der Waals surface area (Å²) in [4.78, 5) is 2.50. The summed E-state index contributed by atoms with van der Waals surface area (Å²) < 4.78 is 13.2. The Morgan fingerprint density at radius 1 is 1.62 bits per heavy atom. The van der Waals surface area contributed by atoms with Crippen LogP contribution in [0, 0.1) is 17.1 Å². The number of hydrogen-bond acceptors (Lipinski definition) is 2. The average molecular weight is 176 g/mol. The fourth-order valence-electron chi connectivity index (χ4n) is 0.896. The molecule has 1 aromatic rings. The minimum atomic E-state index is -0.614. The minimum Gasteiger partial charge on any atom is -0.205 e. The molecule has 0 saturated heterocycles. The molecular formula is C8H5FN4. The smallest absolute Gasteiger partial charge is 0.144 e. The van der Waals surface area contributed by atoms with Gasteiger partial charge in [0.25, 0.3) is 0 Å². The fourth-order valence-corrected chi connectivity index (χ4v) is 0.896. The number of halogens is 1. The van der Waals surface area contributed by atoms with Crippen LogP contribution in [0.3, 0.4) is 0 Å². The van der Waals surface area contributed by atoms with Gasteiger partial charge in [-0.3, -0.25) is 0 Å². The predicted octanol–water partition coefficient (Wildman–Crippen LogP) is 2.51. The van der Waals surface area contributed by atoms with Crippen LogP contribution in [0.1, 0.15) is 11.1 Å². The third-order valence-corrected chi connectivity index (χ3v) is 1.50. The first-order valence-corrected chi connectivity index (χ1v) is 3.48. The van der Waals surface area contributed by atoms with Gasteiger partial charge in [0.2, 0.25) is 0 Å². The Morgan fingerprint density at radius 2 is 2.38 bits per heavy atom. The molecule has 0 fully saturated rings. The number of nitriles is 1.